The first kappa shape index (κ1) is 49.1. The van der Waals surface area contributed by atoms with E-state index in [0.717, 1.165) is 26.2 Å². The molecule has 7 N–H and O–H groups in total. The molecular formula is C38H57Ac2NO13. The number of esters is 2. The average molecular weight is 1190 g/mol. The summed E-state index contributed by atoms with van der Waals surface area (Å²) in [5.41, 5.74) is -7.29. The number of terminal acetylenes is 2. The van der Waals surface area contributed by atoms with Gasteiger partial charge in [-0.25, -0.2) is 9.59 Å². The molecule has 1 heterocycles. The summed E-state index contributed by atoms with van der Waals surface area (Å²) in [5, 5.41) is 70.7. The molecule has 54 heavy (non-hydrogen) atoms. The van der Waals surface area contributed by atoms with E-state index in [4.69, 9.17) is 27.1 Å². The number of carboxylic acid groups (broad SMARTS) is 1. The van der Waals surface area contributed by atoms with Crippen LogP contribution in [0.25, 0.3) is 0 Å². The molecule has 0 unspecified atom stereocenters. The molecule has 0 aromatic heterocycles. The number of carbonyl (C=O) groups is 4. The Kier molecular flexibility index (Phi) is 17.4. The number of ether oxygens (including phenoxy) is 3. The van der Waals surface area contributed by atoms with Crippen LogP contribution >= 0.6 is 0 Å². The Morgan fingerprint density at radius 2 is 1.59 bits per heavy atom. The van der Waals surface area contributed by atoms with Crippen molar-refractivity contribution >= 4 is 23.8 Å². The Morgan fingerprint density at radius 1 is 1.02 bits per heavy atom. The number of nitrogens with one attached hydrogen (secondary N) is 1. The van der Waals surface area contributed by atoms with Gasteiger partial charge < -0.3 is 50.2 Å². The van der Waals surface area contributed by atoms with Crippen LogP contribution in [0.3, 0.4) is 0 Å². The maximum absolute atomic E-state index is 14.3. The topological polar surface area (TPSA) is 229 Å². The SMILES string of the molecule is C#CC#CC#C.CC(=O)O[C@H]1[C@@H]2[C@]3(O)CO[C@@H]3C[C@H](O)[C@@]2(C)C(=O)[C@H](O)C2=C(C)[C@@H](OC(=O)[C@H](O)[C@@H](NC(=O)O)C3CCCCC3)C[C@]1(O)C2(C)C.[Ac].[Ac].[HH].[HH].[HH].[HH]. The second-order valence-corrected chi connectivity index (χ2v) is 15.2. The van der Waals surface area contributed by atoms with Crippen LogP contribution in [0.4, 0.5) is 4.79 Å². The summed E-state index contributed by atoms with van der Waals surface area (Å²) < 4.78 is 17.1. The minimum absolute atomic E-state index is 0. The number of hydrogen-bond acceptors (Lipinski definition) is 12. The molecule has 0 spiro atoms. The summed E-state index contributed by atoms with van der Waals surface area (Å²) >= 11 is 0. The zero-order valence-corrected chi connectivity index (χ0v) is 40.7. The molecule has 0 aromatic carbocycles. The zero-order chi connectivity index (χ0) is 39.0. The molecule has 5 aliphatic rings. The number of aliphatic hydroxyl groups is 5. The number of hydrogen-bond donors (Lipinski definition) is 7. The number of ketones is 1. The van der Waals surface area contributed by atoms with Gasteiger partial charge in [0, 0.05) is 125 Å². The Morgan fingerprint density at radius 3 is 2.07 bits per heavy atom. The third kappa shape index (κ3) is 8.83. The molecule has 1 saturated heterocycles. The van der Waals surface area contributed by atoms with Crippen LogP contribution in [0.15, 0.2) is 11.1 Å². The standard InChI is InChI=1S/C32H47NO13.C6H2.2Ac.4H2/c1-14-17(46-27(39)23(37)21(33-28(40)41)16-9-7-6-8-10-16)12-32(43)26(45-15(2)34)24-30(5,18(35)11-19-31(24,42)13-44-19)25(38)22(36)20(14)29(32,3)4;1-3-5-6-4-2;;;;;;/h16-19,21-24,26,33,35-37,42-43H,6-13H2,1-5H3,(H,40,41);1-2H;;;4*1H/t17-,18-,19+,21-,22+,23+,24-,26-,30+,31-,32+;;;;;;;/m0......./s1. The molecule has 5 rings (SSSR count). The predicted molar refractivity (Wildman–Crippen MR) is 191 cm³/mol. The third-order valence-corrected chi connectivity index (χ3v) is 12.2. The van der Waals surface area contributed by atoms with E-state index in [1.807, 2.05) is 0 Å². The first-order chi connectivity index (χ1) is 24.2. The van der Waals surface area contributed by atoms with E-state index < -0.39 is 101 Å². The van der Waals surface area contributed by atoms with Crippen molar-refractivity contribution in [1.82, 2.24) is 5.32 Å². The molecule has 1 aliphatic heterocycles. The first-order valence-corrected chi connectivity index (χ1v) is 17.4. The van der Waals surface area contributed by atoms with Crippen LogP contribution in [-0.4, -0.2) is 115 Å². The summed E-state index contributed by atoms with van der Waals surface area (Å²) in [6.45, 7) is 6.78. The van der Waals surface area contributed by atoms with Gasteiger partial charge in [0.25, 0.3) is 0 Å². The van der Waals surface area contributed by atoms with Crippen molar-refractivity contribution in [1.29, 1.82) is 0 Å². The summed E-state index contributed by atoms with van der Waals surface area (Å²) in [4.78, 5) is 52.1. The van der Waals surface area contributed by atoms with Crippen LogP contribution in [0, 0.1) is 147 Å². The van der Waals surface area contributed by atoms with E-state index in [2.05, 4.69) is 29.0 Å². The van der Waals surface area contributed by atoms with Gasteiger partial charge in [0.1, 0.15) is 29.5 Å². The molecule has 2 bridgehead atoms. The molecule has 11 atom stereocenters. The number of carbonyl (C=O) groups excluding carboxylic acids is 3. The summed E-state index contributed by atoms with van der Waals surface area (Å²) in [6.07, 6.45) is 1.85. The second-order valence-electron chi connectivity index (χ2n) is 15.2. The van der Waals surface area contributed by atoms with Gasteiger partial charge in [-0.2, -0.15) is 0 Å². The molecular weight excluding hydrogens is 1130 g/mol. The summed E-state index contributed by atoms with van der Waals surface area (Å²) in [5.74, 6) is 3.93. The van der Waals surface area contributed by atoms with Crippen molar-refractivity contribution in [3.05, 3.63) is 11.1 Å². The first-order valence-electron chi connectivity index (χ1n) is 17.4. The van der Waals surface area contributed by atoms with Crippen LogP contribution in [-0.2, 0) is 28.6 Å². The normalized spacial score (nSPS) is 36.0. The van der Waals surface area contributed by atoms with E-state index in [1.165, 1.54) is 13.8 Å². The van der Waals surface area contributed by atoms with Gasteiger partial charge >= 0.3 is 18.0 Å². The van der Waals surface area contributed by atoms with Crippen molar-refractivity contribution in [2.24, 2.45) is 22.7 Å². The van der Waals surface area contributed by atoms with Crippen molar-refractivity contribution in [2.45, 2.75) is 133 Å². The fraction of sp³-hybridized carbons (Fsp3) is 0.684. The molecule has 3 saturated carbocycles. The van der Waals surface area contributed by atoms with E-state index in [9.17, 15) is 49.8 Å². The largest absolute Gasteiger partial charge is 0.465 e. The van der Waals surface area contributed by atoms with Crippen molar-refractivity contribution in [2.75, 3.05) is 6.61 Å². The Labute approximate surface area is 393 Å². The number of Topliss-reactive ketones (excluding diaryl/α,β-unsaturated/α-hetero) is 1. The molecule has 2 radical (unpaired) electrons. The maximum Gasteiger partial charge on any atom is 0.404 e. The summed E-state index contributed by atoms with van der Waals surface area (Å²) in [6, 6.07) is -1.16. The Hall–Kier alpha value is -1.06. The van der Waals surface area contributed by atoms with E-state index in [-0.39, 0.29) is 124 Å². The van der Waals surface area contributed by atoms with Crippen LogP contribution in [0.2, 0.25) is 0 Å². The fourth-order valence-electron chi connectivity index (χ4n) is 9.32. The van der Waals surface area contributed by atoms with Crippen molar-refractivity contribution in [3.63, 3.8) is 0 Å². The number of amides is 1. The van der Waals surface area contributed by atoms with Crippen molar-refractivity contribution in [3.8, 4) is 36.5 Å². The fourth-order valence-corrected chi connectivity index (χ4v) is 9.32. The van der Waals surface area contributed by atoms with Gasteiger partial charge in [0.15, 0.2) is 11.9 Å². The molecule has 14 nitrogen and oxygen atoms in total. The quantitative estimate of drug-likeness (QED) is 0.114. The molecule has 0 aromatic rings. The van der Waals surface area contributed by atoms with Gasteiger partial charge in [0.2, 0.25) is 0 Å². The predicted octanol–water partition coefficient (Wildman–Crippen LogP) is 1.59. The zero-order valence-electron chi connectivity index (χ0n) is 31.2. The average Bonchev–Trinajstić information content (AvgIpc) is 3.08. The van der Waals surface area contributed by atoms with E-state index in [1.54, 1.807) is 13.8 Å². The molecule has 1 amide bonds. The molecule has 4 fully saturated rings. The number of aliphatic hydroxyl groups excluding tert-OH is 3. The van der Waals surface area contributed by atoms with Gasteiger partial charge in [-0.1, -0.05) is 33.1 Å². The van der Waals surface area contributed by atoms with Crippen molar-refractivity contribution < 1.29 is 158 Å². The second kappa shape index (κ2) is 19.1. The Balaban J connectivity index is -0.00000234. The molecule has 16 heteroatoms. The Bertz CT molecular complexity index is 1640. The van der Waals surface area contributed by atoms with Gasteiger partial charge in [-0.15, -0.1) is 12.8 Å². The minimum Gasteiger partial charge on any atom is -0.465 e. The van der Waals surface area contributed by atoms with Crippen LogP contribution in [0.5, 0.6) is 0 Å². The number of rotatable bonds is 6. The van der Waals surface area contributed by atoms with Gasteiger partial charge in [-0.05, 0) is 67.4 Å². The molecule has 4 aliphatic carbocycles. The molecule has 298 valence electrons. The van der Waals surface area contributed by atoms with Crippen LogP contribution in [0.1, 0.15) is 85.3 Å². The van der Waals surface area contributed by atoms with Gasteiger partial charge in [0.05, 0.1) is 30.3 Å². The third-order valence-electron chi connectivity index (χ3n) is 12.2. The number of fused-ring (bicyclic) bond motifs is 5. The maximum atomic E-state index is 14.3. The van der Waals surface area contributed by atoms with E-state index in [0.29, 0.717) is 12.8 Å². The van der Waals surface area contributed by atoms with E-state index >= 15 is 0 Å². The van der Waals surface area contributed by atoms with Crippen LogP contribution < -0.4 is 5.32 Å². The van der Waals surface area contributed by atoms with Gasteiger partial charge in [-0.3, -0.25) is 9.59 Å². The minimum atomic E-state index is -2.22. The monoisotopic (exact) mass is 1190 g/mol. The summed E-state index contributed by atoms with van der Waals surface area (Å²) in [7, 11) is 0. The smallest absolute Gasteiger partial charge is 0.404 e.